The van der Waals surface area contributed by atoms with Crippen LogP contribution >= 0.6 is 0 Å². The second kappa shape index (κ2) is 8.12. The van der Waals surface area contributed by atoms with Crippen LogP contribution in [0.4, 0.5) is 8.78 Å². The number of fused-ring (bicyclic) bond motifs is 1. The first-order valence-corrected chi connectivity index (χ1v) is 8.14. The van der Waals surface area contributed by atoms with Crippen molar-refractivity contribution in [2.45, 2.75) is 51.3 Å². The molecule has 0 saturated heterocycles. The third-order valence-electron chi connectivity index (χ3n) is 3.88. The van der Waals surface area contributed by atoms with Crippen LogP contribution in [0.1, 0.15) is 44.1 Å². The van der Waals surface area contributed by atoms with Crippen molar-refractivity contribution < 1.29 is 33.1 Å². The van der Waals surface area contributed by atoms with E-state index in [-0.39, 0.29) is 12.8 Å². The van der Waals surface area contributed by atoms with Crippen molar-refractivity contribution >= 4 is 13.0 Å². The minimum absolute atomic E-state index is 0.247. The number of carbonyl (C=O) groups is 1. The van der Waals surface area contributed by atoms with Crippen LogP contribution in [0.15, 0.2) is 18.2 Å². The molecule has 0 aromatic heterocycles. The standard InChI is InChI=1S/C16H22BF2NO5/c1-3-24-15(22)11-6-4-5-10-9-12(17(23)25-14(10)11)20-13(21)7-8-16(2,18)19/h4-6,12,15,22-23H,3,7-9H2,1-2H3,(H,20,21)/t12-,15?/m0/s1. The molecular weight excluding hydrogens is 335 g/mol. The highest BCUT2D eigenvalue weighted by Crippen LogP contribution is 2.34. The van der Waals surface area contributed by atoms with Crippen molar-refractivity contribution in [1.82, 2.24) is 5.32 Å². The maximum absolute atomic E-state index is 12.8. The predicted molar refractivity (Wildman–Crippen MR) is 87.1 cm³/mol. The van der Waals surface area contributed by atoms with Crippen molar-refractivity contribution in [2.24, 2.45) is 0 Å². The van der Waals surface area contributed by atoms with Crippen LogP contribution in [0.2, 0.25) is 0 Å². The third-order valence-corrected chi connectivity index (χ3v) is 3.88. The Labute approximate surface area is 145 Å². The average molecular weight is 357 g/mol. The Kier molecular flexibility index (Phi) is 6.37. The van der Waals surface area contributed by atoms with E-state index < -0.39 is 37.6 Å². The number of rotatable bonds is 7. The first-order valence-electron chi connectivity index (χ1n) is 8.14. The number of halogens is 2. The molecule has 0 aliphatic carbocycles. The van der Waals surface area contributed by atoms with Gasteiger partial charge in [-0.05, 0) is 25.8 Å². The fraction of sp³-hybridized carbons (Fsp3) is 0.562. The van der Waals surface area contributed by atoms with Gasteiger partial charge < -0.3 is 24.8 Å². The van der Waals surface area contributed by atoms with E-state index in [0.29, 0.717) is 23.5 Å². The molecule has 0 bridgehead atoms. The Hall–Kier alpha value is -1.71. The molecular formula is C16H22BF2NO5. The predicted octanol–water partition coefficient (Wildman–Crippen LogP) is 1.59. The number of hydrogen-bond acceptors (Lipinski definition) is 5. The molecule has 0 fully saturated rings. The van der Waals surface area contributed by atoms with Gasteiger partial charge in [0, 0.05) is 25.0 Å². The highest BCUT2D eigenvalue weighted by atomic mass is 19.3. The summed E-state index contributed by atoms with van der Waals surface area (Å²) in [6, 6.07) is 5.06. The molecule has 0 spiro atoms. The van der Waals surface area contributed by atoms with Crippen molar-refractivity contribution in [1.29, 1.82) is 0 Å². The number of para-hydroxylation sites is 1. The quantitative estimate of drug-likeness (QED) is 0.510. The van der Waals surface area contributed by atoms with Gasteiger partial charge in [0.25, 0.3) is 0 Å². The molecule has 1 amide bonds. The van der Waals surface area contributed by atoms with Gasteiger partial charge in [0.2, 0.25) is 11.8 Å². The highest BCUT2D eigenvalue weighted by molar-refractivity contribution is 6.46. The lowest BCUT2D eigenvalue weighted by molar-refractivity contribution is -0.123. The first kappa shape index (κ1) is 19.6. The van der Waals surface area contributed by atoms with Gasteiger partial charge in [-0.25, -0.2) is 8.78 Å². The van der Waals surface area contributed by atoms with Gasteiger partial charge in [-0.3, -0.25) is 4.79 Å². The number of aliphatic hydroxyl groups is 1. The zero-order valence-corrected chi connectivity index (χ0v) is 14.2. The van der Waals surface area contributed by atoms with Crippen molar-refractivity contribution in [3.05, 3.63) is 29.3 Å². The molecule has 1 aromatic carbocycles. The van der Waals surface area contributed by atoms with Crippen LogP contribution in [-0.2, 0) is 16.0 Å². The second-order valence-electron chi connectivity index (χ2n) is 6.10. The maximum Gasteiger partial charge on any atom is 0.547 e. The van der Waals surface area contributed by atoms with Crippen LogP contribution in [0, 0.1) is 0 Å². The number of aliphatic hydroxyl groups excluding tert-OH is 1. The monoisotopic (exact) mass is 357 g/mol. The lowest BCUT2D eigenvalue weighted by Gasteiger charge is -2.30. The molecule has 6 nitrogen and oxygen atoms in total. The summed E-state index contributed by atoms with van der Waals surface area (Å²) in [6.07, 6.45) is -1.85. The molecule has 1 unspecified atom stereocenters. The van der Waals surface area contributed by atoms with Crippen LogP contribution in [-0.4, -0.2) is 41.6 Å². The Morgan fingerprint density at radius 1 is 1.56 bits per heavy atom. The Morgan fingerprint density at radius 3 is 2.92 bits per heavy atom. The van der Waals surface area contributed by atoms with Gasteiger partial charge in [0.05, 0.1) is 5.94 Å². The molecule has 138 valence electrons. The molecule has 1 heterocycles. The molecule has 25 heavy (non-hydrogen) atoms. The Balaban J connectivity index is 2.06. The minimum atomic E-state index is -2.92. The summed E-state index contributed by atoms with van der Waals surface area (Å²) in [5.41, 5.74) is 1.06. The summed E-state index contributed by atoms with van der Waals surface area (Å²) in [4.78, 5) is 11.8. The minimum Gasteiger partial charge on any atom is -0.534 e. The fourth-order valence-corrected chi connectivity index (χ4v) is 2.63. The zero-order valence-electron chi connectivity index (χ0n) is 14.2. The van der Waals surface area contributed by atoms with E-state index in [1.165, 1.54) is 0 Å². The number of alkyl halides is 2. The molecule has 9 heteroatoms. The second-order valence-corrected chi connectivity index (χ2v) is 6.10. The number of ether oxygens (including phenoxy) is 1. The number of carbonyl (C=O) groups excluding carboxylic acids is 1. The summed E-state index contributed by atoms with van der Waals surface area (Å²) in [5.74, 6) is -3.95. The van der Waals surface area contributed by atoms with E-state index in [1.54, 1.807) is 25.1 Å². The largest absolute Gasteiger partial charge is 0.547 e. The van der Waals surface area contributed by atoms with E-state index in [4.69, 9.17) is 9.39 Å². The lowest BCUT2D eigenvalue weighted by atomic mass is 9.72. The van der Waals surface area contributed by atoms with E-state index >= 15 is 0 Å². The van der Waals surface area contributed by atoms with Gasteiger partial charge in [-0.2, -0.15) is 0 Å². The summed E-state index contributed by atoms with van der Waals surface area (Å²) in [6.45, 7) is 2.79. The van der Waals surface area contributed by atoms with Crippen LogP contribution in [0.3, 0.4) is 0 Å². The molecule has 2 atom stereocenters. The summed E-state index contributed by atoms with van der Waals surface area (Å²) < 4.78 is 36.2. The van der Waals surface area contributed by atoms with Gasteiger partial charge in [0.1, 0.15) is 5.75 Å². The van der Waals surface area contributed by atoms with E-state index in [0.717, 1.165) is 6.92 Å². The van der Waals surface area contributed by atoms with Crippen LogP contribution in [0.25, 0.3) is 0 Å². The van der Waals surface area contributed by atoms with Gasteiger partial charge >= 0.3 is 7.12 Å². The van der Waals surface area contributed by atoms with Crippen LogP contribution < -0.4 is 9.97 Å². The first-order chi connectivity index (χ1) is 11.7. The van der Waals surface area contributed by atoms with Gasteiger partial charge in [-0.1, -0.05) is 18.2 Å². The van der Waals surface area contributed by atoms with Gasteiger partial charge in [-0.15, -0.1) is 0 Å². The van der Waals surface area contributed by atoms with Crippen molar-refractivity contribution in [3.63, 3.8) is 0 Å². The highest BCUT2D eigenvalue weighted by Gasteiger charge is 2.38. The number of amides is 1. The third kappa shape index (κ3) is 5.39. The molecule has 3 N–H and O–H groups in total. The van der Waals surface area contributed by atoms with Gasteiger partial charge in [0.15, 0.2) is 6.29 Å². The molecule has 2 rings (SSSR count). The van der Waals surface area contributed by atoms with Crippen LogP contribution in [0.5, 0.6) is 5.75 Å². The van der Waals surface area contributed by atoms with E-state index in [2.05, 4.69) is 5.32 Å². The molecule has 0 radical (unpaired) electrons. The van der Waals surface area contributed by atoms with Crippen molar-refractivity contribution in [3.8, 4) is 5.75 Å². The smallest absolute Gasteiger partial charge is 0.534 e. The Bertz CT molecular complexity index is 611. The topological polar surface area (TPSA) is 88.0 Å². The Morgan fingerprint density at radius 2 is 2.28 bits per heavy atom. The lowest BCUT2D eigenvalue weighted by Crippen LogP contribution is -2.53. The molecule has 1 aromatic rings. The molecule has 0 saturated carbocycles. The number of nitrogens with one attached hydrogen (secondary N) is 1. The fourth-order valence-electron chi connectivity index (χ4n) is 2.63. The molecule has 1 aliphatic heterocycles. The van der Waals surface area contributed by atoms with E-state index in [9.17, 15) is 23.7 Å². The summed E-state index contributed by atoms with van der Waals surface area (Å²) in [7, 11) is -1.35. The number of hydrogen-bond donors (Lipinski definition) is 3. The van der Waals surface area contributed by atoms with E-state index in [1.807, 2.05) is 0 Å². The summed E-state index contributed by atoms with van der Waals surface area (Å²) >= 11 is 0. The summed E-state index contributed by atoms with van der Waals surface area (Å²) in [5, 5.41) is 22.6. The average Bonchev–Trinajstić information content (AvgIpc) is 2.53. The maximum atomic E-state index is 12.8. The SMILES string of the molecule is CCOC(O)c1cccc2c1OB(O)[C@@H](NC(=O)CCC(C)(F)F)C2. The van der Waals surface area contributed by atoms with Crippen molar-refractivity contribution in [2.75, 3.05) is 6.61 Å². The molecule has 1 aliphatic rings. The zero-order chi connectivity index (χ0) is 18.6. The normalized spacial score (nSPS) is 18.3. The number of benzene rings is 1.